The summed E-state index contributed by atoms with van der Waals surface area (Å²) in [7, 11) is 0. The Labute approximate surface area is 141 Å². The van der Waals surface area contributed by atoms with E-state index in [-0.39, 0.29) is 6.03 Å². The summed E-state index contributed by atoms with van der Waals surface area (Å²) in [5.74, 6) is 1.61. The molecular weight excluding hydrogens is 308 g/mol. The van der Waals surface area contributed by atoms with Gasteiger partial charge in [-0.05, 0) is 42.8 Å². The molecule has 0 bridgehead atoms. The predicted molar refractivity (Wildman–Crippen MR) is 93.3 cm³/mol. The monoisotopic (exact) mass is 332 g/mol. The summed E-state index contributed by atoms with van der Waals surface area (Å²) in [6, 6.07) is 6.86. The number of nitrogen functional groups attached to an aromatic ring is 1. The molecule has 6 N–H and O–H groups in total. The fraction of sp³-hybridized carbons (Fsp3) is 0.353. The van der Waals surface area contributed by atoms with E-state index in [0.29, 0.717) is 32.0 Å². The summed E-state index contributed by atoms with van der Waals surface area (Å²) in [6.07, 6.45) is 5.33. The molecule has 0 heterocycles. The molecule has 2 rings (SSSR count). The Bertz CT molecular complexity index is 596. The molecule has 0 spiro atoms. The van der Waals surface area contributed by atoms with Gasteiger partial charge in [-0.3, -0.25) is 0 Å². The minimum absolute atomic E-state index is 0.249. The quantitative estimate of drug-likeness (QED) is 0.426. The molecule has 1 aromatic rings. The Kier molecular flexibility index (Phi) is 6.82. The highest BCUT2D eigenvalue weighted by Gasteiger charge is 2.05. The largest absolute Gasteiger partial charge is 0.496 e. The van der Waals surface area contributed by atoms with Crippen molar-refractivity contribution < 1.29 is 14.3 Å². The second-order valence-electron chi connectivity index (χ2n) is 5.32. The molecule has 0 saturated carbocycles. The molecule has 7 heteroatoms. The average Bonchev–Trinajstić information content (AvgIpc) is 2.59. The van der Waals surface area contributed by atoms with Crippen molar-refractivity contribution in [1.82, 2.24) is 10.6 Å². The number of hydrogen-bond donors (Lipinski definition) is 4. The Morgan fingerprint density at radius 2 is 1.62 bits per heavy atom. The molecule has 0 atom stereocenters. The number of amides is 2. The lowest BCUT2D eigenvalue weighted by Crippen LogP contribution is -2.39. The van der Waals surface area contributed by atoms with Gasteiger partial charge in [0.2, 0.25) is 0 Å². The number of benzene rings is 1. The number of anilines is 1. The summed E-state index contributed by atoms with van der Waals surface area (Å²) >= 11 is 0. The van der Waals surface area contributed by atoms with Crippen LogP contribution in [0.15, 0.2) is 47.9 Å². The number of urea groups is 1. The van der Waals surface area contributed by atoms with E-state index in [1.54, 1.807) is 24.3 Å². The van der Waals surface area contributed by atoms with Gasteiger partial charge in [0, 0.05) is 17.8 Å². The van der Waals surface area contributed by atoms with Gasteiger partial charge in [0.1, 0.15) is 19.0 Å². The first kappa shape index (κ1) is 17.5. The molecule has 130 valence electrons. The first-order chi connectivity index (χ1) is 11.6. The Hall–Kier alpha value is -2.83. The van der Waals surface area contributed by atoms with Gasteiger partial charge in [0.15, 0.2) is 0 Å². The van der Waals surface area contributed by atoms with E-state index >= 15 is 0 Å². The van der Waals surface area contributed by atoms with Crippen LogP contribution in [-0.2, 0) is 4.74 Å². The first-order valence-corrected chi connectivity index (χ1v) is 7.91. The minimum Gasteiger partial charge on any atom is -0.496 e. The molecule has 0 aliphatic heterocycles. The van der Waals surface area contributed by atoms with Gasteiger partial charge < -0.3 is 31.6 Å². The number of hydrogen-bond acceptors (Lipinski definition) is 5. The van der Waals surface area contributed by atoms with Crippen molar-refractivity contribution in [2.75, 3.05) is 32.0 Å². The van der Waals surface area contributed by atoms with E-state index in [2.05, 4.69) is 10.6 Å². The van der Waals surface area contributed by atoms with Crippen molar-refractivity contribution in [2.24, 2.45) is 5.73 Å². The summed E-state index contributed by atoms with van der Waals surface area (Å²) < 4.78 is 11.0. The highest BCUT2D eigenvalue weighted by atomic mass is 16.5. The van der Waals surface area contributed by atoms with E-state index in [1.165, 1.54) is 0 Å². The van der Waals surface area contributed by atoms with Crippen molar-refractivity contribution >= 4 is 11.7 Å². The molecule has 0 unspecified atom stereocenters. The van der Waals surface area contributed by atoms with Crippen LogP contribution in [0.25, 0.3) is 0 Å². The normalized spacial score (nSPS) is 13.5. The van der Waals surface area contributed by atoms with Crippen molar-refractivity contribution in [2.45, 2.75) is 12.8 Å². The van der Waals surface area contributed by atoms with Gasteiger partial charge in [-0.15, -0.1) is 0 Å². The second kappa shape index (κ2) is 9.34. The lowest BCUT2D eigenvalue weighted by molar-refractivity contribution is 0.197. The van der Waals surface area contributed by atoms with Gasteiger partial charge in [-0.2, -0.15) is 0 Å². The Balaban J connectivity index is 1.50. The van der Waals surface area contributed by atoms with Crippen LogP contribution in [0.2, 0.25) is 0 Å². The number of allylic oxidation sites excluding steroid dienone is 4. The smallest absolute Gasteiger partial charge is 0.315 e. The Morgan fingerprint density at radius 1 is 0.958 bits per heavy atom. The number of carbonyl (C=O) groups is 1. The molecule has 0 saturated heterocycles. The molecule has 24 heavy (non-hydrogen) atoms. The second-order valence-corrected chi connectivity index (χ2v) is 5.32. The molecule has 7 nitrogen and oxygen atoms in total. The van der Waals surface area contributed by atoms with Gasteiger partial charge in [-0.1, -0.05) is 0 Å². The SMILES string of the molecule is NC1=CC=C(OCCNC(=O)NCCOc2ccc(N)cc2)CC1. The topological polar surface area (TPSA) is 112 Å². The van der Waals surface area contributed by atoms with Crippen LogP contribution in [0.3, 0.4) is 0 Å². The van der Waals surface area contributed by atoms with Gasteiger partial charge in [0.25, 0.3) is 0 Å². The zero-order chi connectivity index (χ0) is 17.2. The van der Waals surface area contributed by atoms with Crippen LogP contribution in [-0.4, -0.2) is 32.3 Å². The first-order valence-electron chi connectivity index (χ1n) is 7.91. The molecular formula is C17H24N4O3. The summed E-state index contributed by atoms with van der Waals surface area (Å²) in [5, 5.41) is 5.44. The lowest BCUT2D eigenvalue weighted by Gasteiger charge is -2.14. The van der Waals surface area contributed by atoms with Crippen molar-refractivity contribution in [3.05, 3.63) is 47.9 Å². The number of nitrogens with two attached hydrogens (primary N) is 2. The zero-order valence-electron chi connectivity index (χ0n) is 13.6. The third kappa shape index (κ3) is 6.51. The average molecular weight is 332 g/mol. The maximum Gasteiger partial charge on any atom is 0.315 e. The van der Waals surface area contributed by atoms with E-state index in [9.17, 15) is 4.79 Å². The van der Waals surface area contributed by atoms with E-state index < -0.39 is 0 Å². The molecule has 0 fully saturated rings. The highest BCUT2D eigenvalue weighted by Crippen LogP contribution is 2.15. The number of rotatable bonds is 8. The highest BCUT2D eigenvalue weighted by molar-refractivity contribution is 5.73. The number of nitrogens with one attached hydrogen (secondary N) is 2. The van der Waals surface area contributed by atoms with E-state index in [0.717, 1.165) is 30.0 Å². The molecule has 0 radical (unpaired) electrons. The van der Waals surface area contributed by atoms with Crippen LogP contribution in [0.1, 0.15) is 12.8 Å². The number of ether oxygens (including phenoxy) is 2. The van der Waals surface area contributed by atoms with Gasteiger partial charge in [-0.25, -0.2) is 4.79 Å². The van der Waals surface area contributed by atoms with Crippen LogP contribution in [0.4, 0.5) is 10.5 Å². The van der Waals surface area contributed by atoms with Gasteiger partial charge in [0.05, 0.1) is 18.8 Å². The molecule has 1 aliphatic rings. The summed E-state index contributed by atoms with van der Waals surface area (Å²) in [5.41, 5.74) is 12.8. The standard InChI is InChI=1S/C17H24N4O3/c18-13-1-5-15(6-2-13)23-11-9-20-17(22)21-10-12-24-16-7-3-14(19)4-8-16/h1-3,5-7H,4,8-12,18-19H2,(H2,20,21,22). The Morgan fingerprint density at radius 3 is 2.25 bits per heavy atom. The predicted octanol–water partition coefficient (Wildman–Crippen LogP) is 1.48. The van der Waals surface area contributed by atoms with Gasteiger partial charge >= 0.3 is 6.03 Å². The fourth-order valence-corrected chi connectivity index (χ4v) is 2.06. The molecule has 1 aromatic carbocycles. The molecule has 1 aliphatic carbocycles. The van der Waals surface area contributed by atoms with Crippen LogP contribution in [0.5, 0.6) is 5.75 Å². The maximum atomic E-state index is 11.6. The van der Waals surface area contributed by atoms with Crippen LogP contribution < -0.4 is 26.8 Å². The third-order valence-corrected chi connectivity index (χ3v) is 3.35. The van der Waals surface area contributed by atoms with E-state index in [4.69, 9.17) is 20.9 Å². The maximum absolute atomic E-state index is 11.6. The van der Waals surface area contributed by atoms with Crippen LogP contribution >= 0.6 is 0 Å². The molecule has 0 aromatic heterocycles. The van der Waals surface area contributed by atoms with Crippen molar-refractivity contribution in [3.8, 4) is 5.75 Å². The van der Waals surface area contributed by atoms with Crippen molar-refractivity contribution in [1.29, 1.82) is 0 Å². The summed E-state index contributed by atoms with van der Waals surface area (Å²) in [4.78, 5) is 11.6. The molecule has 2 amide bonds. The van der Waals surface area contributed by atoms with E-state index in [1.807, 2.05) is 12.2 Å². The fourth-order valence-electron chi connectivity index (χ4n) is 2.06. The minimum atomic E-state index is -0.249. The zero-order valence-corrected chi connectivity index (χ0v) is 13.6. The lowest BCUT2D eigenvalue weighted by atomic mass is 10.1. The summed E-state index contributed by atoms with van der Waals surface area (Å²) in [6.45, 7) is 1.65. The van der Waals surface area contributed by atoms with Crippen LogP contribution in [0, 0.1) is 0 Å². The number of carbonyl (C=O) groups excluding carboxylic acids is 1. The van der Waals surface area contributed by atoms with Crippen molar-refractivity contribution in [3.63, 3.8) is 0 Å². The third-order valence-electron chi connectivity index (χ3n) is 3.35.